The second kappa shape index (κ2) is 6.04. The maximum Gasteiger partial charge on any atom is 0.283 e. The summed E-state index contributed by atoms with van der Waals surface area (Å²) in [6.07, 6.45) is 3.43. The SMILES string of the molecule is CC(C)n1cc(OCc2cccc([N+](=O)[O-])c2Br)cn1. The van der Waals surface area contributed by atoms with Crippen LogP contribution in [0.3, 0.4) is 0 Å². The fourth-order valence-electron chi connectivity index (χ4n) is 1.66. The summed E-state index contributed by atoms with van der Waals surface area (Å²) in [5, 5.41) is 15.0. The van der Waals surface area contributed by atoms with Crippen molar-refractivity contribution in [3.8, 4) is 5.75 Å². The molecule has 0 aliphatic carbocycles. The largest absolute Gasteiger partial charge is 0.486 e. The molecule has 0 fully saturated rings. The van der Waals surface area contributed by atoms with Crippen LogP contribution in [0.1, 0.15) is 25.5 Å². The van der Waals surface area contributed by atoms with E-state index in [4.69, 9.17) is 4.74 Å². The van der Waals surface area contributed by atoms with Crippen molar-refractivity contribution in [1.82, 2.24) is 9.78 Å². The van der Waals surface area contributed by atoms with E-state index in [9.17, 15) is 10.1 Å². The average molecular weight is 340 g/mol. The first-order valence-corrected chi connectivity index (χ1v) is 6.87. The fraction of sp³-hybridized carbons (Fsp3) is 0.308. The zero-order valence-corrected chi connectivity index (χ0v) is 12.7. The molecular weight excluding hydrogens is 326 g/mol. The minimum Gasteiger partial charge on any atom is -0.486 e. The zero-order valence-electron chi connectivity index (χ0n) is 11.1. The maximum atomic E-state index is 10.8. The standard InChI is InChI=1S/C13H14BrN3O3/c1-9(2)16-7-11(6-15-16)20-8-10-4-3-5-12(13(10)14)17(18)19/h3-7,9H,8H2,1-2H3. The van der Waals surface area contributed by atoms with Gasteiger partial charge in [-0.2, -0.15) is 5.10 Å². The number of nitrogens with zero attached hydrogens (tertiary/aromatic N) is 3. The van der Waals surface area contributed by atoms with Crippen LogP contribution in [0.25, 0.3) is 0 Å². The van der Waals surface area contributed by atoms with Crippen LogP contribution in [0.5, 0.6) is 5.75 Å². The van der Waals surface area contributed by atoms with Gasteiger partial charge >= 0.3 is 0 Å². The van der Waals surface area contributed by atoms with Gasteiger partial charge in [-0.1, -0.05) is 12.1 Å². The van der Waals surface area contributed by atoms with Gasteiger partial charge in [-0.15, -0.1) is 0 Å². The van der Waals surface area contributed by atoms with Gasteiger partial charge in [0.05, 0.1) is 17.3 Å². The lowest BCUT2D eigenvalue weighted by Crippen LogP contribution is -2.00. The zero-order chi connectivity index (χ0) is 14.7. The molecule has 0 radical (unpaired) electrons. The second-order valence-corrected chi connectivity index (χ2v) is 5.34. The van der Waals surface area contributed by atoms with Crippen molar-refractivity contribution >= 4 is 21.6 Å². The molecule has 0 unspecified atom stereocenters. The molecule has 1 aromatic heterocycles. The third kappa shape index (κ3) is 3.16. The molecule has 20 heavy (non-hydrogen) atoms. The van der Waals surface area contributed by atoms with Crippen molar-refractivity contribution in [2.24, 2.45) is 0 Å². The summed E-state index contributed by atoms with van der Waals surface area (Å²) >= 11 is 3.24. The first-order chi connectivity index (χ1) is 9.49. The molecule has 0 atom stereocenters. The highest BCUT2D eigenvalue weighted by Crippen LogP contribution is 2.29. The highest BCUT2D eigenvalue weighted by Gasteiger charge is 2.15. The highest BCUT2D eigenvalue weighted by atomic mass is 79.9. The Balaban J connectivity index is 2.10. The van der Waals surface area contributed by atoms with E-state index in [1.54, 1.807) is 29.2 Å². The van der Waals surface area contributed by atoms with E-state index in [1.807, 2.05) is 13.8 Å². The van der Waals surface area contributed by atoms with Gasteiger partial charge in [-0.3, -0.25) is 14.8 Å². The molecule has 2 aromatic rings. The Hall–Kier alpha value is -1.89. The molecule has 0 saturated carbocycles. The van der Waals surface area contributed by atoms with Crippen LogP contribution in [-0.4, -0.2) is 14.7 Å². The van der Waals surface area contributed by atoms with Crippen molar-refractivity contribution in [1.29, 1.82) is 0 Å². The summed E-state index contributed by atoms with van der Waals surface area (Å²) in [6.45, 7) is 4.29. The Bertz CT molecular complexity index is 625. The van der Waals surface area contributed by atoms with E-state index in [-0.39, 0.29) is 18.3 Å². The van der Waals surface area contributed by atoms with Gasteiger partial charge in [0.15, 0.2) is 5.75 Å². The van der Waals surface area contributed by atoms with Crippen LogP contribution in [-0.2, 0) is 6.61 Å². The normalized spacial score (nSPS) is 10.8. The molecule has 0 saturated heterocycles. The molecule has 0 aliphatic heterocycles. The number of ether oxygens (including phenoxy) is 1. The van der Waals surface area contributed by atoms with Crippen molar-refractivity contribution in [2.45, 2.75) is 26.5 Å². The maximum absolute atomic E-state index is 10.8. The Morgan fingerprint density at radius 1 is 1.50 bits per heavy atom. The van der Waals surface area contributed by atoms with Crippen LogP contribution in [0.2, 0.25) is 0 Å². The second-order valence-electron chi connectivity index (χ2n) is 4.55. The number of nitro groups is 1. The van der Waals surface area contributed by atoms with Gasteiger partial charge in [0.1, 0.15) is 11.1 Å². The quantitative estimate of drug-likeness (QED) is 0.614. The number of nitro benzene ring substituents is 1. The van der Waals surface area contributed by atoms with E-state index in [0.29, 0.717) is 10.2 Å². The Morgan fingerprint density at radius 3 is 2.85 bits per heavy atom. The van der Waals surface area contributed by atoms with Crippen molar-refractivity contribution < 1.29 is 9.66 Å². The van der Waals surface area contributed by atoms with E-state index in [0.717, 1.165) is 5.56 Å². The molecule has 0 aliphatic rings. The molecule has 7 heteroatoms. The number of rotatable bonds is 5. The smallest absolute Gasteiger partial charge is 0.283 e. The molecule has 106 valence electrons. The molecule has 0 spiro atoms. The lowest BCUT2D eigenvalue weighted by Gasteiger charge is -2.06. The molecule has 2 rings (SSSR count). The molecule has 0 amide bonds. The van der Waals surface area contributed by atoms with Crippen LogP contribution in [0.4, 0.5) is 5.69 Å². The predicted octanol–water partition coefficient (Wildman–Crippen LogP) is 3.71. The summed E-state index contributed by atoms with van der Waals surface area (Å²) in [5.74, 6) is 0.636. The topological polar surface area (TPSA) is 70.2 Å². The summed E-state index contributed by atoms with van der Waals surface area (Å²) in [5.41, 5.74) is 0.750. The minimum atomic E-state index is -0.426. The number of aromatic nitrogens is 2. The minimum absolute atomic E-state index is 0.0315. The van der Waals surface area contributed by atoms with Gasteiger partial charge in [0.25, 0.3) is 5.69 Å². The highest BCUT2D eigenvalue weighted by molar-refractivity contribution is 9.10. The van der Waals surface area contributed by atoms with Crippen molar-refractivity contribution in [2.75, 3.05) is 0 Å². The summed E-state index contributed by atoms with van der Waals surface area (Å²) in [7, 11) is 0. The third-order valence-corrected chi connectivity index (χ3v) is 3.67. The molecule has 6 nitrogen and oxygen atoms in total. The summed E-state index contributed by atoms with van der Waals surface area (Å²) in [4.78, 5) is 10.4. The van der Waals surface area contributed by atoms with E-state index in [2.05, 4.69) is 21.0 Å². The van der Waals surface area contributed by atoms with Crippen molar-refractivity contribution in [3.05, 3.63) is 50.7 Å². The van der Waals surface area contributed by atoms with Gasteiger partial charge < -0.3 is 4.74 Å². The third-order valence-electron chi connectivity index (χ3n) is 2.76. The Morgan fingerprint density at radius 2 is 2.25 bits per heavy atom. The van der Waals surface area contributed by atoms with E-state index >= 15 is 0 Å². The monoisotopic (exact) mass is 339 g/mol. The fourth-order valence-corrected chi connectivity index (χ4v) is 2.18. The lowest BCUT2D eigenvalue weighted by atomic mass is 10.2. The molecular formula is C13H14BrN3O3. The summed E-state index contributed by atoms with van der Waals surface area (Å²) < 4.78 is 7.84. The number of hydrogen-bond donors (Lipinski definition) is 0. The average Bonchev–Trinajstić information content (AvgIpc) is 2.86. The number of halogens is 1. The lowest BCUT2D eigenvalue weighted by molar-refractivity contribution is -0.385. The van der Waals surface area contributed by atoms with Gasteiger partial charge in [0, 0.05) is 17.7 Å². The summed E-state index contributed by atoms with van der Waals surface area (Å²) in [6, 6.07) is 5.13. The predicted molar refractivity (Wildman–Crippen MR) is 77.7 cm³/mol. The number of benzene rings is 1. The first-order valence-electron chi connectivity index (χ1n) is 6.07. The molecule has 0 bridgehead atoms. The Labute approximate surface area is 124 Å². The van der Waals surface area contributed by atoms with Crippen LogP contribution >= 0.6 is 15.9 Å². The molecule has 1 heterocycles. The number of hydrogen-bond acceptors (Lipinski definition) is 4. The molecule has 1 aromatic carbocycles. The van der Waals surface area contributed by atoms with Crippen LogP contribution in [0.15, 0.2) is 35.1 Å². The Kier molecular flexibility index (Phi) is 4.39. The van der Waals surface area contributed by atoms with E-state index in [1.165, 1.54) is 6.07 Å². The van der Waals surface area contributed by atoms with Crippen LogP contribution < -0.4 is 4.74 Å². The van der Waals surface area contributed by atoms with Gasteiger partial charge in [0.2, 0.25) is 0 Å². The van der Waals surface area contributed by atoms with Crippen LogP contribution in [0, 0.1) is 10.1 Å². The molecule has 0 N–H and O–H groups in total. The van der Waals surface area contributed by atoms with Gasteiger partial charge in [-0.05, 0) is 29.8 Å². The van der Waals surface area contributed by atoms with Crippen molar-refractivity contribution in [3.63, 3.8) is 0 Å². The first kappa shape index (κ1) is 14.5. The van der Waals surface area contributed by atoms with Gasteiger partial charge in [-0.25, -0.2) is 0 Å². The van der Waals surface area contributed by atoms with E-state index < -0.39 is 4.92 Å².